The Bertz CT molecular complexity index is 838. The van der Waals surface area contributed by atoms with Gasteiger partial charge in [-0.15, -0.1) is 0 Å². The molecule has 1 aromatic carbocycles. The molecule has 3 rings (SSSR count). The molecular formula is C18H18ClFN4O2. The molecule has 1 N–H and O–H groups in total. The van der Waals surface area contributed by atoms with Gasteiger partial charge >= 0.3 is 0 Å². The molecule has 1 saturated heterocycles. The van der Waals surface area contributed by atoms with Crippen LogP contribution in [0.2, 0.25) is 5.02 Å². The number of benzene rings is 1. The molecule has 0 radical (unpaired) electrons. The van der Waals surface area contributed by atoms with E-state index in [1.54, 1.807) is 24.1 Å². The van der Waals surface area contributed by atoms with Gasteiger partial charge in [-0.2, -0.15) is 0 Å². The van der Waals surface area contributed by atoms with E-state index in [0.29, 0.717) is 31.9 Å². The van der Waals surface area contributed by atoms with Crippen molar-refractivity contribution in [3.05, 3.63) is 53.1 Å². The zero-order chi connectivity index (χ0) is 18.7. The number of nitrogens with zero attached hydrogens (tertiary/aromatic N) is 3. The zero-order valence-electron chi connectivity index (χ0n) is 14.2. The first-order chi connectivity index (χ1) is 12.4. The number of piperazine rings is 1. The van der Waals surface area contributed by atoms with Gasteiger partial charge in [-0.25, -0.2) is 4.39 Å². The third-order valence-electron chi connectivity index (χ3n) is 4.24. The molecule has 2 amide bonds. The van der Waals surface area contributed by atoms with Gasteiger partial charge in [-0.05, 0) is 30.3 Å². The highest BCUT2D eigenvalue weighted by molar-refractivity contribution is 6.31. The zero-order valence-corrected chi connectivity index (χ0v) is 15.0. The first kappa shape index (κ1) is 18.1. The van der Waals surface area contributed by atoms with E-state index < -0.39 is 11.7 Å². The first-order valence-electron chi connectivity index (χ1n) is 8.17. The van der Waals surface area contributed by atoms with Crippen LogP contribution in [0.3, 0.4) is 0 Å². The summed E-state index contributed by atoms with van der Waals surface area (Å²) in [6.45, 7) is 4.24. The molecule has 26 heavy (non-hydrogen) atoms. The molecule has 1 aliphatic rings. The normalized spacial score (nSPS) is 14.3. The molecular weight excluding hydrogens is 359 g/mol. The van der Waals surface area contributed by atoms with Crippen LogP contribution in [0.15, 0.2) is 36.5 Å². The number of hydrogen-bond acceptors (Lipinski definition) is 4. The molecule has 0 aliphatic carbocycles. The van der Waals surface area contributed by atoms with Crippen molar-refractivity contribution in [2.45, 2.75) is 6.92 Å². The lowest BCUT2D eigenvalue weighted by atomic mass is 10.2. The Hall–Kier alpha value is -2.67. The Morgan fingerprint density at radius 3 is 2.54 bits per heavy atom. The highest BCUT2D eigenvalue weighted by Crippen LogP contribution is 2.21. The SMILES string of the molecule is CC(=O)N1CCN(c2ccnc(C(=O)Nc3ccc(F)c(Cl)c3)c2)CC1. The third-order valence-corrected chi connectivity index (χ3v) is 4.53. The monoisotopic (exact) mass is 376 g/mol. The molecule has 0 spiro atoms. The molecule has 6 nitrogen and oxygen atoms in total. The molecule has 8 heteroatoms. The van der Waals surface area contributed by atoms with E-state index in [4.69, 9.17) is 11.6 Å². The van der Waals surface area contributed by atoms with Crippen LogP contribution in [-0.4, -0.2) is 47.9 Å². The summed E-state index contributed by atoms with van der Waals surface area (Å²) in [6.07, 6.45) is 1.57. The van der Waals surface area contributed by atoms with E-state index in [2.05, 4.69) is 15.2 Å². The second-order valence-corrected chi connectivity index (χ2v) is 6.38. The maximum atomic E-state index is 13.2. The molecule has 1 fully saturated rings. The van der Waals surface area contributed by atoms with Crippen LogP contribution < -0.4 is 10.2 Å². The fourth-order valence-electron chi connectivity index (χ4n) is 2.79. The van der Waals surface area contributed by atoms with Crippen LogP contribution in [0.1, 0.15) is 17.4 Å². The summed E-state index contributed by atoms with van der Waals surface area (Å²) in [4.78, 5) is 31.8. The van der Waals surface area contributed by atoms with Crippen LogP contribution in [0.5, 0.6) is 0 Å². The first-order valence-corrected chi connectivity index (χ1v) is 8.55. The fourth-order valence-corrected chi connectivity index (χ4v) is 2.97. The van der Waals surface area contributed by atoms with E-state index in [9.17, 15) is 14.0 Å². The lowest BCUT2D eigenvalue weighted by Gasteiger charge is -2.35. The van der Waals surface area contributed by atoms with Gasteiger partial charge in [0.15, 0.2) is 0 Å². The average molecular weight is 377 g/mol. The lowest BCUT2D eigenvalue weighted by molar-refractivity contribution is -0.129. The van der Waals surface area contributed by atoms with Crippen LogP contribution in [-0.2, 0) is 4.79 Å². The predicted molar refractivity (Wildman–Crippen MR) is 98.1 cm³/mol. The summed E-state index contributed by atoms with van der Waals surface area (Å²) < 4.78 is 13.2. The van der Waals surface area contributed by atoms with Gasteiger partial charge in [0, 0.05) is 50.7 Å². The Labute approximate surface area is 155 Å². The van der Waals surface area contributed by atoms with Crippen molar-refractivity contribution in [2.24, 2.45) is 0 Å². The maximum absolute atomic E-state index is 13.2. The molecule has 0 bridgehead atoms. The van der Waals surface area contributed by atoms with E-state index >= 15 is 0 Å². The number of anilines is 2. The smallest absolute Gasteiger partial charge is 0.274 e. The minimum absolute atomic E-state index is 0.0622. The number of amides is 2. The Kier molecular flexibility index (Phi) is 5.37. The molecule has 136 valence electrons. The van der Waals surface area contributed by atoms with Crippen molar-refractivity contribution in [1.82, 2.24) is 9.88 Å². The van der Waals surface area contributed by atoms with Crippen LogP contribution >= 0.6 is 11.6 Å². The molecule has 1 aliphatic heterocycles. The number of aromatic nitrogens is 1. The number of nitrogens with one attached hydrogen (secondary N) is 1. The van der Waals surface area contributed by atoms with Gasteiger partial charge in [0.2, 0.25) is 5.91 Å². The Balaban J connectivity index is 1.69. The van der Waals surface area contributed by atoms with Crippen LogP contribution in [0.25, 0.3) is 0 Å². The molecule has 2 aromatic rings. The van der Waals surface area contributed by atoms with Crippen LogP contribution in [0.4, 0.5) is 15.8 Å². The van der Waals surface area contributed by atoms with Crippen molar-refractivity contribution in [2.75, 3.05) is 36.4 Å². The van der Waals surface area contributed by atoms with E-state index in [1.165, 1.54) is 18.2 Å². The van der Waals surface area contributed by atoms with Gasteiger partial charge in [-0.3, -0.25) is 14.6 Å². The largest absolute Gasteiger partial charge is 0.368 e. The number of pyridine rings is 1. The topological polar surface area (TPSA) is 65.5 Å². The average Bonchev–Trinajstić information content (AvgIpc) is 2.65. The van der Waals surface area contributed by atoms with Gasteiger partial charge in [0.25, 0.3) is 5.91 Å². The molecule has 0 atom stereocenters. The van der Waals surface area contributed by atoms with Gasteiger partial charge in [-0.1, -0.05) is 11.6 Å². The van der Waals surface area contributed by atoms with Crippen molar-refractivity contribution < 1.29 is 14.0 Å². The molecule has 0 saturated carbocycles. The quantitative estimate of drug-likeness (QED) is 0.894. The lowest BCUT2D eigenvalue weighted by Crippen LogP contribution is -2.48. The minimum Gasteiger partial charge on any atom is -0.368 e. The second kappa shape index (κ2) is 7.70. The van der Waals surface area contributed by atoms with E-state index in [1.807, 2.05) is 6.07 Å². The number of rotatable bonds is 3. The predicted octanol–water partition coefficient (Wildman–Crippen LogP) is 2.79. The van der Waals surface area contributed by atoms with Crippen molar-refractivity contribution in [3.63, 3.8) is 0 Å². The summed E-state index contributed by atoms with van der Waals surface area (Å²) in [5.41, 5.74) is 1.51. The van der Waals surface area contributed by atoms with Gasteiger partial charge < -0.3 is 15.1 Å². The van der Waals surface area contributed by atoms with Gasteiger partial charge in [0.1, 0.15) is 11.5 Å². The maximum Gasteiger partial charge on any atom is 0.274 e. The summed E-state index contributed by atoms with van der Waals surface area (Å²) >= 11 is 5.73. The molecule has 1 aromatic heterocycles. The summed E-state index contributed by atoms with van der Waals surface area (Å²) in [5, 5.41) is 2.59. The van der Waals surface area contributed by atoms with Crippen LogP contribution in [0, 0.1) is 5.82 Å². The highest BCUT2D eigenvalue weighted by atomic mass is 35.5. The van der Waals surface area contributed by atoms with Crippen molar-refractivity contribution >= 4 is 34.8 Å². The molecule has 0 unspecified atom stereocenters. The molecule has 2 heterocycles. The number of halogens is 2. The Morgan fingerprint density at radius 2 is 1.88 bits per heavy atom. The van der Waals surface area contributed by atoms with E-state index in [0.717, 1.165) is 5.69 Å². The van der Waals surface area contributed by atoms with E-state index in [-0.39, 0.29) is 16.6 Å². The van der Waals surface area contributed by atoms with Crippen molar-refractivity contribution in [1.29, 1.82) is 0 Å². The fraction of sp³-hybridized carbons (Fsp3) is 0.278. The number of carbonyl (C=O) groups excluding carboxylic acids is 2. The number of carbonyl (C=O) groups is 2. The third kappa shape index (κ3) is 4.11. The minimum atomic E-state index is -0.547. The van der Waals surface area contributed by atoms with Gasteiger partial charge in [0.05, 0.1) is 5.02 Å². The summed E-state index contributed by atoms with van der Waals surface area (Å²) in [7, 11) is 0. The van der Waals surface area contributed by atoms with Crippen molar-refractivity contribution in [3.8, 4) is 0 Å². The summed E-state index contributed by atoms with van der Waals surface area (Å²) in [6, 6.07) is 7.50. The Morgan fingerprint density at radius 1 is 1.15 bits per heavy atom. The summed E-state index contributed by atoms with van der Waals surface area (Å²) in [5.74, 6) is -0.885. The number of hydrogen-bond donors (Lipinski definition) is 1. The second-order valence-electron chi connectivity index (χ2n) is 5.98. The highest BCUT2D eigenvalue weighted by Gasteiger charge is 2.20. The standard InChI is InChI=1S/C18H18ClFN4O2/c1-12(25)23-6-8-24(9-7-23)14-4-5-21-17(11-14)18(26)22-13-2-3-16(20)15(19)10-13/h2-5,10-11H,6-9H2,1H3,(H,22,26).